The van der Waals surface area contributed by atoms with E-state index in [-0.39, 0.29) is 28.4 Å². The summed E-state index contributed by atoms with van der Waals surface area (Å²) in [5.41, 5.74) is 0.385. The Kier molecular flexibility index (Phi) is 6.11. The second-order valence-corrected chi connectivity index (χ2v) is 6.96. The lowest BCUT2D eigenvalue weighted by Gasteiger charge is -2.12. The van der Waals surface area contributed by atoms with Crippen LogP contribution < -0.4 is 14.8 Å². The first-order valence-corrected chi connectivity index (χ1v) is 9.10. The minimum atomic E-state index is -3.82. The summed E-state index contributed by atoms with van der Waals surface area (Å²) in [4.78, 5) is 12.2. The Labute approximate surface area is 146 Å². The number of ether oxygens (including phenoxy) is 1. The molecule has 0 bridgehead atoms. The van der Waals surface area contributed by atoms with Gasteiger partial charge in [0.1, 0.15) is 16.5 Å². The molecule has 2 aromatic rings. The molecular weight excluding hydrogens is 347 g/mol. The van der Waals surface area contributed by atoms with E-state index in [0.29, 0.717) is 6.42 Å². The molecule has 0 unspecified atom stereocenters. The molecule has 2 rings (SSSR count). The maximum absolute atomic E-state index is 13.2. The van der Waals surface area contributed by atoms with Gasteiger partial charge in [-0.1, -0.05) is 13.0 Å². The van der Waals surface area contributed by atoms with Crippen LogP contribution >= 0.6 is 0 Å². The number of sulfonamides is 1. The van der Waals surface area contributed by atoms with Gasteiger partial charge in [-0.25, -0.2) is 17.5 Å². The lowest BCUT2D eigenvalue weighted by atomic mass is 10.2. The highest BCUT2D eigenvalue weighted by Gasteiger charge is 2.21. The molecule has 0 spiro atoms. The number of rotatable bonds is 7. The second-order valence-electron chi connectivity index (χ2n) is 5.23. The van der Waals surface area contributed by atoms with E-state index in [1.807, 2.05) is 6.92 Å². The molecule has 2 N–H and O–H groups in total. The molecule has 0 heterocycles. The third-order valence-electron chi connectivity index (χ3n) is 3.34. The van der Waals surface area contributed by atoms with E-state index in [1.165, 1.54) is 49.6 Å². The zero-order valence-corrected chi connectivity index (χ0v) is 14.7. The zero-order chi connectivity index (χ0) is 18.4. The Hall–Kier alpha value is -2.45. The summed E-state index contributed by atoms with van der Waals surface area (Å²) >= 11 is 0. The van der Waals surface area contributed by atoms with Crippen LogP contribution in [-0.4, -0.2) is 28.0 Å². The Bertz CT molecular complexity index is 869. The minimum absolute atomic E-state index is 0.113. The molecular formula is C17H19FN2O4S. The van der Waals surface area contributed by atoms with Gasteiger partial charge in [-0.2, -0.15) is 0 Å². The molecule has 0 aliphatic carbocycles. The smallest absolute Gasteiger partial charge is 0.255 e. The van der Waals surface area contributed by atoms with Crippen molar-refractivity contribution in [2.75, 3.05) is 19.0 Å². The van der Waals surface area contributed by atoms with Crippen LogP contribution in [0, 0.1) is 5.82 Å². The maximum atomic E-state index is 13.2. The van der Waals surface area contributed by atoms with Gasteiger partial charge in [0.15, 0.2) is 0 Å². The molecule has 0 fully saturated rings. The van der Waals surface area contributed by atoms with Crippen LogP contribution in [-0.2, 0) is 10.0 Å². The van der Waals surface area contributed by atoms with E-state index in [9.17, 15) is 17.6 Å². The van der Waals surface area contributed by atoms with Crippen molar-refractivity contribution in [2.24, 2.45) is 0 Å². The molecule has 25 heavy (non-hydrogen) atoms. The Morgan fingerprint density at radius 3 is 2.60 bits per heavy atom. The van der Waals surface area contributed by atoms with Gasteiger partial charge in [-0.3, -0.25) is 4.79 Å². The van der Waals surface area contributed by atoms with Crippen molar-refractivity contribution in [3.63, 3.8) is 0 Å². The van der Waals surface area contributed by atoms with Crippen LogP contribution in [0.5, 0.6) is 5.75 Å². The van der Waals surface area contributed by atoms with E-state index in [0.717, 1.165) is 0 Å². The first kappa shape index (κ1) is 18.9. The number of amides is 1. The summed E-state index contributed by atoms with van der Waals surface area (Å²) in [5, 5.41) is 2.52. The normalized spacial score (nSPS) is 11.2. The number of nitrogens with one attached hydrogen (secondary N) is 2. The number of hydrogen-bond acceptors (Lipinski definition) is 4. The summed E-state index contributed by atoms with van der Waals surface area (Å²) in [6.07, 6.45) is 0.626. The summed E-state index contributed by atoms with van der Waals surface area (Å²) in [6, 6.07) is 9.49. The summed E-state index contributed by atoms with van der Waals surface area (Å²) in [7, 11) is -2.47. The summed E-state index contributed by atoms with van der Waals surface area (Å²) in [5.74, 6) is -0.911. The fraction of sp³-hybridized carbons (Fsp3) is 0.235. The van der Waals surface area contributed by atoms with Crippen molar-refractivity contribution in [3.8, 4) is 5.75 Å². The maximum Gasteiger partial charge on any atom is 0.255 e. The van der Waals surface area contributed by atoms with Crippen LogP contribution in [0.25, 0.3) is 0 Å². The van der Waals surface area contributed by atoms with Crippen LogP contribution in [0.4, 0.5) is 10.1 Å². The van der Waals surface area contributed by atoms with Gasteiger partial charge in [0.05, 0.1) is 7.11 Å². The van der Waals surface area contributed by atoms with Gasteiger partial charge in [-0.05, 0) is 42.8 Å². The molecule has 1 amide bonds. The number of halogens is 1. The second kappa shape index (κ2) is 8.09. The third kappa shape index (κ3) is 4.77. The Balaban J connectivity index is 2.33. The minimum Gasteiger partial charge on any atom is -0.495 e. The fourth-order valence-electron chi connectivity index (χ4n) is 2.11. The number of benzene rings is 2. The number of carbonyl (C=O) groups excluding carboxylic acids is 1. The standard InChI is InChI=1S/C17H19FN2O4S/c1-3-9-19-25(22,23)16-10-12(7-8-15(16)24-2)17(21)20-14-6-4-5-13(18)11-14/h4-8,10-11,19H,3,9H2,1-2H3,(H,20,21). The van der Waals surface area contributed by atoms with Gasteiger partial charge >= 0.3 is 0 Å². The highest BCUT2D eigenvalue weighted by molar-refractivity contribution is 7.89. The average Bonchev–Trinajstić information content (AvgIpc) is 2.59. The van der Waals surface area contributed by atoms with Crippen molar-refractivity contribution in [2.45, 2.75) is 18.2 Å². The van der Waals surface area contributed by atoms with Gasteiger partial charge in [0.2, 0.25) is 10.0 Å². The zero-order valence-electron chi connectivity index (χ0n) is 13.9. The lowest BCUT2D eigenvalue weighted by Crippen LogP contribution is -2.25. The molecule has 6 nitrogen and oxygen atoms in total. The first-order valence-electron chi connectivity index (χ1n) is 7.62. The van der Waals surface area contributed by atoms with Crippen molar-refractivity contribution in [1.82, 2.24) is 4.72 Å². The Morgan fingerprint density at radius 1 is 1.20 bits per heavy atom. The number of carbonyl (C=O) groups is 1. The predicted octanol–water partition coefficient (Wildman–Crippen LogP) is 2.77. The number of methoxy groups -OCH3 is 1. The Morgan fingerprint density at radius 2 is 1.96 bits per heavy atom. The van der Waals surface area contributed by atoms with Crippen molar-refractivity contribution >= 4 is 21.6 Å². The van der Waals surface area contributed by atoms with E-state index >= 15 is 0 Å². The quantitative estimate of drug-likeness (QED) is 0.789. The topological polar surface area (TPSA) is 84.5 Å². The van der Waals surface area contributed by atoms with Gasteiger partial charge in [0, 0.05) is 17.8 Å². The molecule has 0 saturated heterocycles. The van der Waals surface area contributed by atoms with Crippen LogP contribution in [0.3, 0.4) is 0 Å². The summed E-state index contributed by atoms with van der Waals surface area (Å²) in [6.45, 7) is 2.10. The number of hydrogen-bond donors (Lipinski definition) is 2. The molecule has 134 valence electrons. The molecule has 0 saturated carbocycles. The van der Waals surface area contributed by atoms with E-state index in [2.05, 4.69) is 10.0 Å². The molecule has 0 atom stereocenters. The molecule has 0 aliphatic heterocycles. The highest BCUT2D eigenvalue weighted by atomic mass is 32.2. The molecule has 8 heteroatoms. The molecule has 0 radical (unpaired) electrons. The highest BCUT2D eigenvalue weighted by Crippen LogP contribution is 2.25. The molecule has 2 aromatic carbocycles. The van der Waals surface area contributed by atoms with E-state index in [4.69, 9.17) is 4.74 Å². The van der Waals surface area contributed by atoms with Crippen LogP contribution in [0.1, 0.15) is 23.7 Å². The van der Waals surface area contributed by atoms with Gasteiger partial charge < -0.3 is 10.1 Å². The fourth-order valence-corrected chi connectivity index (χ4v) is 3.44. The lowest BCUT2D eigenvalue weighted by molar-refractivity contribution is 0.102. The number of anilines is 1. The first-order chi connectivity index (χ1) is 11.9. The van der Waals surface area contributed by atoms with Gasteiger partial charge in [0.25, 0.3) is 5.91 Å². The summed E-state index contributed by atoms with van der Waals surface area (Å²) < 4.78 is 45.5. The van der Waals surface area contributed by atoms with Crippen molar-refractivity contribution in [3.05, 3.63) is 53.8 Å². The van der Waals surface area contributed by atoms with Crippen molar-refractivity contribution in [1.29, 1.82) is 0 Å². The average molecular weight is 366 g/mol. The van der Waals surface area contributed by atoms with E-state index < -0.39 is 21.7 Å². The van der Waals surface area contributed by atoms with Crippen LogP contribution in [0.2, 0.25) is 0 Å². The predicted molar refractivity (Wildman–Crippen MR) is 92.8 cm³/mol. The molecule has 0 aliphatic rings. The van der Waals surface area contributed by atoms with E-state index in [1.54, 1.807) is 0 Å². The van der Waals surface area contributed by atoms with Gasteiger partial charge in [-0.15, -0.1) is 0 Å². The van der Waals surface area contributed by atoms with Crippen molar-refractivity contribution < 1.29 is 22.3 Å². The molecule has 0 aromatic heterocycles. The van der Waals surface area contributed by atoms with Crippen LogP contribution in [0.15, 0.2) is 47.4 Å². The monoisotopic (exact) mass is 366 g/mol. The largest absolute Gasteiger partial charge is 0.495 e. The SMILES string of the molecule is CCCNS(=O)(=O)c1cc(C(=O)Nc2cccc(F)c2)ccc1OC. The third-order valence-corrected chi connectivity index (χ3v) is 4.82.